The van der Waals surface area contributed by atoms with Gasteiger partial charge in [-0.2, -0.15) is 0 Å². The van der Waals surface area contributed by atoms with Crippen LogP contribution in [0.25, 0.3) is 0 Å². The Balaban J connectivity index is 2.25. The summed E-state index contributed by atoms with van der Waals surface area (Å²) in [5.41, 5.74) is 0.242. The van der Waals surface area contributed by atoms with Gasteiger partial charge in [0.2, 0.25) is 0 Å². The summed E-state index contributed by atoms with van der Waals surface area (Å²) in [5.74, 6) is -2.46. The Hall–Kier alpha value is -1.95. The van der Waals surface area contributed by atoms with E-state index in [1.807, 2.05) is 0 Å². The molecule has 0 saturated heterocycles. The second-order valence-corrected chi connectivity index (χ2v) is 4.84. The van der Waals surface area contributed by atoms with E-state index in [0.29, 0.717) is 4.47 Å². The van der Waals surface area contributed by atoms with Gasteiger partial charge in [0.05, 0.1) is 4.47 Å². The fourth-order valence-corrected chi connectivity index (χ4v) is 2.15. The Morgan fingerprint density at radius 3 is 2.45 bits per heavy atom. The van der Waals surface area contributed by atoms with Crippen molar-refractivity contribution in [2.45, 2.75) is 6.61 Å². The van der Waals surface area contributed by atoms with Crippen LogP contribution in [0.2, 0.25) is 0 Å². The summed E-state index contributed by atoms with van der Waals surface area (Å²) >= 11 is 3.18. The monoisotopic (exact) mass is 342 g/mol. The van der Waals surface area contributed by atoms with Crippen molar-refractivity contribution in [3.8, 4) is 5.75 Å². The zero-order chi connectivity index (χ0) is 14.7. The summed E-state index contributed by atoms with van der Waals surface area (Å²) in [6.45, 7) is -0.141. The largest absolute Gasteiger partial charge is 0.487 e. The molecule has 104 valence electrons. The van der Waals surface area contributed by atoms with E-state index in [1.54, 1.807) is 12.1 Å². The second-order valence-electron chi connectivity index (χ2n) is 3.99. The number of para-hydroxylation sites is 1. The number of aromatic carboxylic acids is 1. The van der Waals surface area contributed by atoms with Crippen molar-refractivity contribution in [2.75, 3.05) is 0 Å². The summed E-state index contributed by atoms with van der Waals surface area (Å²) in [6, 6.07) is 7.57. The molecule has 3 nitrogen and oxygen atoms in total. The van der Waals surface area contributed by atoms with Gasteiger partial charge in [0.15, 0.2) is 0 Å². The molecule has 0 radical (unpaired) electrons. The molecular weight excluding hydrogens is 334 g/mol. The minimum absolute atomic E-state index is 0.0312. The molecule has 2 rings (SSSR count). The molecule has 20 heavy (non-hydrogen) atoms. The molecule has 0 aliphatic carbocycles. The second kappa shape index (κ2) is 6.00. The predicted molar refractivity (Wildman–Crippen MR) is 71.8 cm³/mol. The summed E-state index contributed by atoms with van der Waals surface area (Å²) in [4.78, 5) is 11.1. The number of hydrogen-bond acceptors (Lipinski definition) is 2. The Bertz CT molecular complexity index is 639. The lowest BCUT2D eigenvalue weighted by atomic mass is 10.2. The van der Waals surface area contributed by atoms with Crippen molar-refractivity contribution >= 4 is 21.9 Å². The molecule has 0 heterocycles. The van der Waals surface area contributed by atoms with Crippen LogP contribution in [0.15, 0.2) is 40.9 Å². The number of carboxylic acids is 1. The topological polar surface area (TPSA) is 46.5 Å². The smallest absolute Gasteiger partial charge is 0.339 e. The lowest BCUT2D eigenvalue weighted by molar-refractivity contribution is 0.0691. The van der Waals surface area contributed by atoms with E-state index in [1.165, 1.54) is 6.07 Å². The first-order valence-corrected chi connectivity index (χ1v) is 6.36. The van der Waals surface area contributed by atoms with E-state index in [-0.39, 0.29) is 23.5 Å². The molecule has 2 aromatic rings. The molecule has 0 unspecified atom stereocenters. The first kappa shape index (κ1) is 14.5. The number of rotatable bonds is 4. The lowest BCUT2D eigenvalue weighted by Crippen LogP contribution is -2.04. The van der Waals surface area contributed by atoms with Crippen LogP contribution in [0, 0.1) is 11.6 Å². The van der Waals surface area contributed by atoms with Crippen molar-refractivity contribution < 1.29 is 23.4 Å². The Morgan fingerprint density at radius 1 is 1.20 bits per heavy atom. The van der Waals surface area contributed by atoms with E-state index in [0.717, 1.165) is 18.2 Å². The minimum atomic E-state index is -1.15. The van der Waals surface area contributed by atoms with Crippen molar-refractivity contribution in [3.63, 3.8) is 0 Å². The summed E-state index contributed by atoms with van der Waals surface area (Å²) < 4.78 is 31.9. The molecule has 0 atom stereocenters. The highest BCUT2D eigenvalue weighted by atomic mass is 79.9. The maximum absolute atomic E-state index is 13.0. The van der Waals surface area contributed by atoms with Gasteiger partial charge in [-0.05, 0) is 45.8 Å². The number of benzene rings is 2. The van der Waals surface area contributed by atoms with E-state index >= 15 is 0 Å². The molecule has 0 aromatic heterocycles. The van der Waals surface area contributed by atoms with Crippen molar-refractivity contribution in [2.24, 2.45) is 0 Å². The molecule has 0 bridgehead atoms. The molecule has 0 saturated carbocycles. The van der Waals surface area contributed by atoms with Crippen LogP contribution in [0.4, 0.5) is 8.78 Å². The van der Waals surface area contributed by atoms with Gasteiger partial charge in [0.25, 0.3) is 0 Å². The molecule has 1 N–H and O–H groups in total. The first-order valence-electron chi connectivity index (χ1n) is 5.57. The van der Waals surface area contributed by atoms with Gasteiger partial charge in [-0.25, -0.2) is 13.6 Å². The average molecular weight is 343 g/mol. The number of ether oxygens (including phenoxy) is 1. The lowest BCUT2D eigenvalue weighted by Gasteiger charge is -2.11. The van der Waals surface area contributed by atoms with Crippen LogP contribution in [0.3, 0.4) is 0 Å². The molecule has 2 aromatic carbocycles. The Labute approximate surface area is 121 Å². The number of halogens is 3. The fraction of sp³-hybridized carbons (Fsp3) is 0.0714. The van der Waals surface area contributed by atoms with Gasteiger partial charge in [0, 0.05) is 6.07 Å². The number of carboxylic acid groups (broad SMARTS) is 1. The maximum atomic E-state index is 13.0. The summed E-state index contributed by atoms with van der Waals surface area (Å²) in [5, 5.41) is 9.05. The molecule has 0 aliphatic heterocycles. The van der Waals surface area contributed by atoms with E-state index in [2.05, 4.69) is 15.9 Å². The van der Waals surface area contributed by atoms with Crippen LogP contribution in [-0.2, 0) is 6.61 Å². The third kappa shape index (κ3) is 3.33. The normalized spacial score (nSPS) is 10.3. The van der Waals surface area contributed by atoms with Gasteiger partial charge < -0.3 is 9.84 Å². The van der Waals surface area contributed by atoms with Crippen molar-refractivity contribution in [1.29, 1.82) is 0 Å². The Kier molecular flexibility index (Phi) is 4.34. The van der Waals surface area contributed by atoms with Gasteiger partial charge in [-0.1, -0.05) is 6.07 Å². The van der Waals surface area contributed by atoms with E-state index < -0.39 is 17.6 Å². The molecular formula is C14H9BrF2O3. The highest BCUT2D eigenvalue weighted by Gasteiger charge is 2.14. The predicted octanol–water partition coefficient (Wildman–Crippen LogP) is 4.00. The van der Waals surface area contributed by atoms with Gasteiger partial charge in [0.1, 0.15) is 29.6 Å². The zero-order valence-electron chi connectivity index (χ0n) is 10.1. The van der Waals surface area contributed by atoms with Crippen LogP contribution in [-0.4, -0.2) is 11.1 Å². The van der Waals surface area contributed by atoms with Gasteiger partial charge in [-0.3, -0.25) is 0 Å². The molecule has 0 spiro atoms. The van der Waals surface area contributed by atoms with Crippen molar-refractivity contribution in [3.05, 3.63) is 63.6 Å². The van der Waals surface area contributed by atoms with E-state index in [9.17, 15) is 13.6 Å². The van der Waals surface area contributed by atoms with Crippen molar-refractivity contribution in [1.82, 2.24) is 0 Å². The minimum Gasteiger partial charge on any atom is -0.487 e. The first-order chi connectivity index (χ1) is 9.47. The van der Waals surface area contributed by atoms with Crippen LogP contribution < -0.4 is 4.74 Å². The molecule has 0 aliphatic rings. The van der Waals surface area contributed by atoms with Crippen LogP contribution in [0.1, 0.15) is 15.9 Å². The zero-order valence-corrected chi connectivity index (χ0v) is 11.7. The van der Waals surface area contributed by atoms with Gasteiger partial charge in [-0.15, -0.1) is 0 Å². The van der Waals surface area contributed by atoms with E-state index in [4.69, 9.17) is 9.84 Å². The quantitative estimate of drug-likeness (QED) is 0.913. The van der Waals surface area contributed by atoms with Crippen LogP contribution >= 0.6 is 15.9 Å². The average Bonchev–Trinajstić information content (AvgIpc) is 2.35. The molecule has 0 fully saturated rings. The highest BCUT2D eigenvalue weighted by Crippen LogP contribution is 2.30. The number of carbonyl (C=O) groups is 1. The third-order valence-corrected chi connectivity index (χ3v) is 3.13. The molecule has 6 heteroatoms. The standard InChI is InChI=1S/C14H9BrF2O3/c15-12-3-1-2-11(14(18)19)13(12)20-7-8-4-9(16)6-10(17)5-8/h1-6H,7H2,(H,18,19). The molecule has 0 amide bonds. The Morgan fingerprint density at radius 2 is 1.85 bits per heavy atom. The fourth-order valence-electron chi connectivity index (χ4n) is 1.67. The van der Waals surface area contributed by atoms with Crippen LogP contribution in [0.5, 0.6) is 5.75 Å². The third-order valence-electron chi connectivity index (χ3n) is 2.50. The summed E-state index contributed by atoms with van der Waals surface area (Å²) in [6.07, 6.45) is 0. The summed E-state index contributed by atoms with van der Waals surface area (Å²) in [7, 11) is 0. The van der Waals surface area contributed by atoms with Gasteiger partial charge >= 0.3 is 5.97 Å². The maximum Gasteiger partial charge on any atom is 0.339 e. The SMILES string of the molecule is O=C(O)c1cccc(Br)c1OCc1cc(F)cc(F)c1. The number of hydrogen-bond donors (Lipinski definition) is 1. The highest BCUT2D eigenvalue weighted by molar-refractivity contribution is 9.10.